The van der Waals surface area contributed by atoms with E-state index in [1.165, 1.54) is 11.3 Å². The van der Waals surface area contributed by atoms with Gasteiger partial charge in [-0.1, -0.05) is 0 Å². The summed E-state index contributed by atoms with van der Waals surface area (Å²) in [5.74, 6) is 1.76. The van der Waals surface area contributed by atoms with Crippen molar-refractivity contribution in [3.05, 3.63) is 4.88 Å². The molecule has 21 heavy (non-hydrogen) atoms. The zero-order chi connectivity index (χ0) is 15.8. The molecule has 0 bridgehead atoms. The topological polar surface area (TPSA) is 55.6 Å². The number of thiophene rings is 1. The number of carbonyl (C=O) groups excluding carboxylic acids is 1. The molecule has 0 amide bonds. The van der Waals surface area contributed by atoms with Gasteiger partial charge in [-0.05, 0) is 27.7 Å². The molecule has 2 rings (SSSR count). The van der Waals surface area contributed by atoms with Crippen LogP contribution >= 0.6 is 23.1 Å². The van der Waals surface area contributed by atoms with Gasteiger partial charge in [-0.25, -0.2) is 0 Å². The number of ketones is 1. The minimum atomic E-state index is 0.00278. The maximum absolute atomic E-state index is 11.8. The molecule has 0 aliphatic carbocycles. The maximum Gasteiger partial charge on any atom is 0.177 e. The first-order valence-corrected chi connectivity index (χ1v) is 9.00. The van der Waals surface area contributed by atoms with Gasteiger partial charge in [-0.3, -0.25) is 4.79 Å². The number of anilines is 2. The third-order valence-corrected chi connectivity index (χ3v) is 5.91. The zero-order valence-corrected chi connectivity index (χ0v) is 15.0. The second-order valence-corrected chi connectivity index (χ2v) is 9.03. The van der Waals surface area contributed by atoms with Crippen molar-refractivity contribution in [1.29, 1.82) is 0 Å². The Morgan fingerprint density at radius 2 is 2.10 bits per heavy atom. The predicted octanol–water partition coefficient (Wildman–Crippen LogP) is 3.65. The van der Waals surface area contributed by atoms with Crippen molar-refractivity contribution in [1.82, 2.24) is 0 Å². The maximum atomic E-state index is 11.8. The lowest BCUT2D eigenvalue weighted by Crippen LogP contribution is -2.43. The van der Waals surface area contributed by atoms with Crippen LogP contribution in [0.2, 0.25) is 0 Å². The van der Waals surface area contributed by atoms with Gasteiger partial charge in [0.15, 0.2) is 11.5 Å². The normalized spacial score (nSPS) is 18.1. The molecule has 2 heterocycles. The number of hydrogen-bond acceptors (Lipinski definition) is 6. The molecule has 1 aromatic rings. The lowest BCUT2D eigenvalue weighted by Gasteiger charge is -2.38. The van der Waals surface area contributed by atoms with Gasteiger partial charge in [-0.15, -0.1) is 11.3 Å². The predicted molar refractivity (Wildman–Crippen MR) is 93.2 cm³/mol. The summed E-state index contributed by atoms with van der Waals surface area (Å²) in [5.41, 5.74) is 6.65. The van der Waals surface area contributed by atoms with E-state index in [9.17, 15) is 4.79 Å². The van der Waals surface area contributed by atoms with Gasteiger partial charge >= 0.3 is 0 Å². The lowest BCUT2D eigenvalue weighted by atomic mass is 10.2. The Balaban J connectivity index is 2.41. The van der Waals surface area contributed by atoms with Gasteiger partial charge in [0.2, 0.25) is 0 Å². The molecule has 1 saturated heterocycles. The van der Waals surface area contributed by atoms with Gasteiger partial charge in [0.25, 0.3) is 0 Å². The van der Waals surface area contributed by atoms with Crippen LogP contribution in [0.4, 0.5) is 10.7 Å². The van der Waals surface area contributed by atoms with Crippen LogP contribution in [0.3, 0.4) is 0 Å². The quantitative estimate of drug-likeness (QED) is 0.855. The van der Waals surface area contributed by atoms with E-state index >= 15 is 0 Å². The van der Waals surface area contributed by atoms with Crippen molar-refractivity contribution in [3.8, 4) is 5.75 Å². The number of ether oxygens (including phenoxy) is 1. The van der Waals surface area contributed by atoms with Crippen LogP contribution in [0, 0.1) is 0 Å². The number of rotatable bonds is 4. The van der Waals surface area contributed by atoms with Crippen LogP contribution < -0.4 is 15.4 Å². The first-order chi connectivity index (χ1) is 9.71. The van der Waals surface area contributed by atoms with Crippen molar-refractivity contribution >= 4 is 39.6 Å². The van der Waals surface area contributed by atoms with Gasteiger partial charge in [-0.2, -0.15) is 11.8 Å². The smallest absolute Gasteiger partial charge is 0.177 e. The molecular weight excluding hydrogens is 304 g/mol. The lowest BCUT2D eigenvalue weighted by molar-refractivity contribution is 0.102. The largest absolute Gasteiger partial charge is 0.486 e. The highest BCUT2D eigenvalue weighted by atomic mass is 32.2. The molecule has 1 fully saturated rings. The second kappa shape index (κ2) is 6.08. The Hall–Kier alpha value is -0.880. The summed E-state index contributed by atoms with van der Waals surface area (Å²) in [4.78, 5) is 14.7. The standard InChI is InChI=1S/C15H24N2O2S2/c1-9(2)19-12-11(16)13(10(3)18)21-14(12)17-6-7-20-15(4,5)8-17/h9H,6-8,16H2,1-5H3. The Kier molecular flexibility index (Phi) is 4.78. The Morgan fingerprint density at radius 1 is 1.43 bits per heavy atom. The molecule has 118 valence electrons. The van der Waals surface area contributed by atoms with Crippen LogP contribution in [-0.4, -0.2) is 35.5 Å². The average molecular weight is 329 g/mol. The summed E-state index contributed by atoms with van der Waals surface area (Å²) < 4.78 is 6.11. The van der Waals surface area contributed by atoms with Crippen molar-refractivity contribution < 1.29 is 9.53 Å². The fourth-order valence-electron chi connectivity index (χ4n) is 2.43. The van der Waals surface area contributed by atoms with E-state index in [0.717, 1.165) is 23.8 Å². The fraction of sp³-hybridized carbons (Fsp3) is 0.667. The Bertz CT molecular complexity index is 538. The molecule has 0 aromatic carbocycles. The first kappa shape index (κ1) is 16.5. The van der Waals surface area contributed by atoms with Gasteiger partial charge in [0, 0.05) is 30.5 Å². The molecule has 0 spiro atoms. The molecule has 6 heteroatoms. The van der Waals surface area contributed by atoms with Crippen LogP contribution in [0.15, 0.2) is 0 Å². The zero-order valence-electron chi connectivity index (χ0n) is 13.4. The third kappa shape index (κ3) is 3.66. The number of thioether (sulfide) groups is 1. The van der Waals surface area contributed by atoms with E-state index in [1.54, 1.807) is 6.92 Å². The summed E-state index contributed by atoms with van der Waals surface area (Å²) in [5, 5.41) is 1.000. The Labute approximate surface area is 135 Å². The highest BCUT2D eigenvalue weighted by molar-refractivity contribution is 8.00. The average Bonchev–Trinajstić information content (AvgIpc) is 2.65. The van der Waals surface area contributed by atoms with Crippen molar-refractivity contribution in [2.75, 3.05) is 29.5 Å². The van der Waals surface area contributed by atoms with E-state index < -0.39 is 0 Å². The molecule has 0 unspecified atom stereocenters. The summed E-state index contributed by atoms with van der Waals surface area (Å²) in [6.07, 6.45) is 0.0348. The van der Waals surface area contributed by atoms with Gasteiger partial charge in [0.05, 0.1) is 16.7 Å². The van der Waals surface area contributed by atoms with E-state index in [0.29, 0.717) is 16.3 Å². The number of nitrogens with two attached hydrogens (primary N) is 1. The monoisotopic (exact) mass is 328 g/mol. The minimum Gasteiger partial charge on any atom is -0.486 e. The summed E-state index contributed by atoms with van der Waals surface area (Å²) in [6, 6.07) is 0. The molecule has 0 atom stereocenters. The minimum absolute atomic E-state index is 0.00278. The fourth-order valence-corrected chi connectivity index (χ4v) is 4.61. The summed E-state index contributed by atoms with van der Waals surface area (Å²) in [7, 11) is 0. The van der Waals surface area contributed by atoms with E-state index in [1.807, 2.05) is 25.6 Å². The molecule has 0 saturated carbocycles. The van der Waals surface area contributed by atoms with Crippen molar-refractivity contribution in [2.45, 2.75) is 45.5 Å². The number of Topliss-reactive ketones (excluding diaryl/α,β-unsaturated/α-hetero) is 1. The first-order valence-electron chi connectivity index (χ1n) is 7.20. The molecule has 1 aromatic heterocycles. The van der Waals surface area contributed by atoms with Crippen LogP contribution in [-0.2, 0) is 0 Å². The SMILES string of the molecule is CC(=O)c1sc(N2CCSC(C)(C)C2)c(OC(C)C)c1N. The van der Waals surface area contributed by atoms with E-state index in [4.69, 9.17) is 10.5 Å². The molecule has 4 nitrogen and oxygen atoms in total. The van der Waals surface area contributed by atoms with Crippen LogP contribution in [0.5, 0.6) is 5.75 Å². The summed E-state index contributed by atoms with van der Waals surface area (Å²) >= 11 is 3.44. The van der Waals surface area contributed by atoms with Gasteiger partial charge < -0.3 is 15.4 Å². The second-order valence-electron chi connectivity index (χ2n) is 6.23. The number of hydrogen-bond donors (Lipinski definition) is 1. The van der Waals surface area contributed by atoms with Crippen LogP contribution in [0.25, 0.3) is 0 Å². The van der Waals surface area contributed by atoms with E-state index in [-0.39, 0.29) is 16.6 Å². The van der Waals surface area contributed by atoms with E-state index in [2.05, 4.69) is 18.7 Å². The van der Waals surface area contributed by atoms with Crippen molar-refractivity contribution in [2.24, 2.45) is 0 Å². The molecule has 1 aliphatic rings. The molecular formula is C15H24N2O2S2. The summed E-state index contributed by atoms with van der Waals surface area (Å²) in [6.45, 7) is 11.9. The number of nitrogens with zero attached hydrogens (tertiary/aromatic N) is 1. The highest BCUT2D eigenvalue weighted by Crippen LogP contribution is 2.47. The number of nitrogen functional groups attached to an aromatic ring is 1. The number of carbonyl (C=O) groups is 1. The Morgan fingerprint density at radius 3 is 2.62 bits per heavy atom. The third-order valence-electron chi connectivity index (χ3n) is 3.27. The molecule has 0 radical (unpaired) electrons. The molecule has 1 aliphatic heterocycles. The highest BCUT2D eigenvalue weighted by Gasteiger charge is 2.32. The molecule has 2 N–H and O–H groups in total. The van der Waals surface area contributed by atoms with Gasteiger partial charge in [0.1, 0.15) is 5.00 Å². The van der Waals surface area contributed by atoms with Crippen LogP contribution in [0.1, 0.15) is 44.3 Å². The van der Waals surface area contributed by atoms with Crippen molar-refractivity contribution in [3.63, 3.8) is 0 Å².